The van der Waals surface area contributed by atoms with E-state index < -0.39 is 10.0 Å². The third kappa shape index (κ3) is 3.03. The molecule has 0 radical (unpaired) electrons. The minimum Gasteiger partial charge on any atom is -0.493 e. The molecule has 0 amide bonds. The Labute approximate surface area is 123 Å². The maximum absolute atomic E-state index is 12.3. The van der Waals surface area contributed by atoms with Crippen molar-refractivity contribution in [3.63, 3.8) is 0 Å². The molecule has 7 heteroatoms. The Morgan fingerprint density at radius 1 is 1.29 bits per heavy atom. The first-order chi connectivity index (χ1) is 10.0. The highest BCUT2D eigenvalue weighted by atomic mass is 32.2. The minimum atomic E-state index is -3.56. The molecule has 1 aromatic carbocycles. The van der Waals surface area contributed by atoms with Crippen LogP contribution in [0.5, 0.6) is 5.75 Å². The molecule has 1 aromatic heterocycles. The molecule has 3 rings (SSSR count). The quantitative estimate of drug-likeness (QED) is 0.918. The zero-order valence-electron chi connectivity index (χ0n) is 11.5. The number of ether oxygens (including phenoxy) is 1. The van der Waals surface area contributed by atoms with Gasteiger partial charge in [0.1, 0.15) is 12.1 Å². The second kappa shape index (κ2) is 5.42. The summed E-state index contributed by atoms with van der Waals surface area (Å²) in [6.07, 6.45) is 2.16. The Kier molecular flexibility index (Phi) is 3.60. The number of aromatic nitrogens is 2. The van der Waals surface area contributed by atoms with Crippen molar-refractivity contribution >= 4 is 10.0 Å². The first-order valence-corrected chi connectivity index (χ1v) is 8.06. The predicted octanol–water partition coefficient (Wildman–Crippen LogP) is 1.20. The van der Waals surface area contributed by atoms with Crippen LogP contribution >= 0.6 is 0 Å². The molecule has 0 saturated heterocycles. The average Bonchev–Trinajstić information content (AvgIpc) is 2.93. The summed E-state index contributed by atoms with van der Waals surface area (Å²) < 4.78 is 32.5. The van der Waals surface area contributed by atoms with Crippen molar-refractivity contribution < 1.29 is 13.2 Å². The summed E-state index contributed by atoms with van der Waals surface area (Å²) in [5.41, 5.74) is 2.36. The van der Waals surface area contributed by atoms with Crippen LogP contribution in [0.3, 0.4) is 0 Å². The van der Waals surface area contributed by atoms with E-state index in [0.29, 0.717) is 12.3 Å². The number of fused-ring (bicyclic) bond motifs is 1. The van der Waals surface area contributed by atoms with Crippen LogP contribution in [0.15, 0.2) is 35.5 Å². The highest BCUT2D eigenvalue weighted by Crippen LogP contribution is 2.27. The number of benzene rings is 1. The maximum atomic E-state index is 12.3. The van der Waals surface area contributed by atoms with Crippen LogP contribution in [-0.2, 0) is 23.0 Å². The molecule has 1 aliphatic rings. The Balaban J connectivity index is 1.78. The van der Waals surface area contributed by atoms with E-state index in [9.17, 15) is 8.42 Å². The third-order valence-corrected chi connectivity index (χ3v) is 4.67. The Morgan fingerprint density at radius 2 is 2.14 bits per heavy atom. The lowest BCUT2D eigenvalue weighted by molar-refractivity contribution is 0.356. The normalized spacial score (nSPS) is 13.8. The van der Waals surface area contributed by atoms with Gasteiger partial charge >= 0.3 is 0 Å². The molecule has 21 heavy (non-hydrogen) atoms. The molecule has 110 valence electrons. The van der Waals surface area contributed by atoms with Crippen LogP contribution in [0.2, 0.25) is 0 Å². The van der Waals surface area contributed by atoms with E-state index in [1.54, 1.807) is 24.3 Å². The van der Waals surface area contributed by atoms with Gasteiger partial charge in [0, 0.05) is 12.1 Å². The fraction of sp³-hybridized carbons (Fsp3) is 0.286. The SMILES string of the molecule is Cc1cc(CNS(=O)(=O)c2ccc3c(c2)CCO3)ncn1. The van der Waals surface area contributed by atoms with E-state index in [2.05, 4.69) is 14.7 Å². The number of aryl methyl sites for hydroxylation is 1. The first kappa shape index (κ1) is 14.0. The number of hydrogen-bond acceptors (Lipinski definition) is 5. The van der Waals surface area contributed by atoms with Gasteiger partial charge in [0.2, 0.25) is 10.0 Å². The van der Waals surface area contributed by atoms with Crippen molar-refractivity contribution in [2.75, 3.05) is 6.61 Å². The summed E-state index contributed by atoms with van der Waals surface area (Å²) in [6, 6.07) is 6.67. The third-order valence-electron chi connectivity index (χ3n) is 3.27. The van der Waals surface area contributed by atoms with Crippen LogP contribution in [0.1, 0.15) is 17.0 Å². The summed E-state index contributed by atoms with van der Waals surface area (Å²) in [7, 11) is -3.56. The lowest BCUT2D eigenvalue weighted by atomic mass is 10.2. The van der Waals surface area contributed by atoms with Gasteiger partial charge in [-0.3, -0.25) is 0 Å². The predicted molar refractivity (Wildman–Crippen MR) is 76.4 cm³/mol. The summed E-state index contributed by atoms with van der Waals surface area (Å²) in [5, 5.41) is 0. The van der Waals surface area contributed by atoms with Gasteiger partial charge in [-0.25, -0.2) is 23.1 Å². The van der Waals surface area contributed by atoms with E-state index in [1.165, 1.54) is 6.33 Å². The van der Waals surface area contributed by atoms with Crippen LogP contribution in [0.4, 0.5) is 0 Å². The summed E-state index contributed by atoms with van der Waals surface area (Å²) in [4.78, 5) is 8.26. The van der Waals surface area contributed by atoms with Crippen molar-refractivity contribution in [1.82, 2.24) is 14.7 Å². The molecule has 0 fully saturated rings. The topological polar surface area (TPSA) is 81.2 Å². The van der Waals surface area contributed by atoms with Gasteiger partial charge in [-0.2, -0.15) is 0 Å². The summed E-state index contributed by atoms with van der Waals surface area (Å²) in [6.45, 7) is 2.58. The van der Waals surface area contributed by atoms with E-state index in [0.717, 1.165) is 23.4 Å². The Morgan fingerprint density at radius 3 is 2.95 bits per heavy atom. The van der Waals surface area contributed by atoms with E-state index in [1.807, 2.05) is 6.92 Å². The number of hydrogen-bond donors (Lipinski definition) is 1. The van der Waals surface area contributed by atoms with Crippen molar-refractivity contribution in [3.05, 3.63) is 47.5 Å². The highest BCUT2D eigenvalue weighted by molar-refractivity contribution is 7.89. The van der Waals surface area contributed by atoms with E-state index in [4.69, 9.17) is 4.74 Å². The minimum absolute atomic E-state index is 0.138. The second-order valence-corrected chi connectivity index (χ2v) is 6.61. The smallest absolute Gasteiger partial charge is 0.240 e. The molecule has 0 atom stereocenters. The molecular weight excluding hydrogens is 290 g/mol. The van der Waals surface area contributed by atoms with Crippen LogP contribution in [0, 0.1) is 6.92 Å². The number of nitrogens with zero attached hydrogens (tertiary/aromatic N) is 2. The van der Waals surface area contributed by atoms with Crippen molar-refractivity contribution in [3.8, 4) is 5.75 Å². The van der Waals surface area contributed by atoms with Crippen LogP contribution in [0.25, 0.3) is 0 Å². The molecule has 6 nitrogen and oxygen atoms in total. The zero-order chi connectivity index (χ0) is 14.9. The van der Waals surface area contributed by atoms with Crippen molar-refractivity contribution in [2.45, 2.75) is 24.8 Å². The van der Waals surface area contributed by atoms with Gasteiger partial charge in [0.25, 0.3) is 0 Å². The van der Waals surface area contributed by atoms with Gasteiger partial charge in [0.15, 0.2) is 0 Å². The largest absolute Gasteiger partial charge is 0.493 e. The van der Waals surface area contributed by atoms with Crippen molar-refractivity contribution in [1.29, 1.82) is 0 Å². The van der Waals surface area contributed by atoms with Gasteiger partial charge in [-0.15, -0.1) is 0 Å². The van der Waals surface area contributed by atoms with Gasteiger partial charge in [-0.05, 0) is 36.8 Å². The number of nitrogens with one attached hydrogen (secondary N) is 1. The zero-order valence-corrected chi connectivity index (χ0v) is 12.4. The fourth-order valence-electron chi connectivity index (χ4n) is 2.19. The Bertz CT molecular complexity index is 775. The van der Waals surface area contributed by atoms with Gasteiger partial charge in [-0.1, -0.05) is 0 Å². The number of sulfonamides is 1. The molecule has 0 bridgehead atoms. The highest BCUT2D eigenvalue weighted by Gasteiger charge is 2.19. The molecule has 0 unspecified atom stereocenters. The standard InChI is InChI=1S/C14H15N3O3S/c1-10-6-12(16-9-15-10)8-17-21(18,19)13-2-3-14-11(7-13)4-5-20-14/h2-3,6-7,9,17H,4-5,8H2,1H3. The molecule has 1 N–H and O–H groups in total. The van der Waals surface area contributed by atoms with E-state index >= 15 is 0 Å². The van der Waals surface area contributed by atoms with Crippen LogP contribution in [-0.4, -0.2) is 25.0 Å². The molecule has 2 heterocycles. The average molecular weight is 305 g/mol. The molecule has 2 aromatic rings. The summed E-state index contributed by atoms with van der Waals surface area (Å²) in [5.74, 6) is 0.764. The van der Waals surface area contributed by atoms with E-state index in [-0.39, 0.29) is 11.4 Å². The van der Waals surface area contributed by atoms with Crippen LogP contribution < -0.4 is 9.46 Å². The fourth-order valence-corrected chi connectivity index (χ4v) is 3.24. The van der Waals surface area contributed by atoms with Crippen molar-refractivity contribution in [2.24, 2.45) is 0 Å². The molecule has 1 aliphatic heterocycles. The first-order valence-electron chi connectivity index (χ1n) is 6.57. The molecular formula is C14H15N3O3S. The lowest BCUT2D eigenvalue weighted by Crippen LogP contribution is -2.24. The molecule has 0 aliphatic carbocycles. The van der Waals surface area contributed by atoms with Gasteiger partial charge < -0.3 is 4.74 Å². The maximum Gasteiger partial charge on any atom is 0.240 e. The monoisotopic (exact) mass is 305 g/mol. The Hall–Kier alpha value is -1.99. The summed E-state index contributed by atoms with van der Waals surface area (Å²) >= 11 is 0. The number of rotatable bonds is 4. The molecule has 0 spiro atoms. The molecule has 0 saturated carbocycles. The second-order valence-electron chi connectivity index (χ2n) is 4.84. The van der Waals surface area contributed by atoms with Gasteiger partial charge in [0.05, 0.1) is 23.7 Å². The lowest BCUT2D eigenvalue weighted by Gasteiger charge is -2.08.